The van der Waals surface area contributed by atoms with Crippen LogP contribution in [0.15, 0.2) is 66.9 Å². The summed E-state index contributed by atoms with van der Waals surface area (Å²) in [5, 5.41) is 0.685. The van der Waals surface area contributed by atoms with Crippen LogP contribution in [0.5, 0.6) is 5.75 Å². The van der Waals surface area contributed by atoms with Crippen LogP contribution in [0.1, 0.15) is 5.82 Å². The molecule has 1 heterocycles. The number of nitrogens with zero attached hydrogens (tertiary/aromatic N) is 2. The lowest BCUT2D eigenvalue weighted by atomic mass is 10.1. The molecule has 3 aromatic rings. The molecule has 0 aliphatic heterocycles. The maximum atomic E-state index is 5.84. The van der Waals surface area contributed by atoms with Crippen molar-refractivity contribution >= 4 is 11.6 Å². The highest BCUT2D eigenvalue weighted by atomic mass is 35.5. The van der Waals surface area contributed by atoms with Gasteiger partial charge in [0.1, 0.15) is 12.4 Å². The molecule has 0 N–H and O–H groups in total. The lowest BCUT2D eigenvalue weighted by Gasteiger charge is -2.06. The summed E-state index contributed by atoms with van der Waals surface area (Å²) < 4.78 is 5.65. The van der Waals surface area contributed by atoms with Crippen LogP contribution in [0, 0.1) is 0 Å². The summed E-state index contributed by atoms with van der Waals surface area (Å²) in [5.41, 5.74) is 1.95. The average Bonchev–Trinajstić information content (AvgIpc) is 2.55. The van der Waals surface area contributed by atoms with Gasteiger partial charge in [-0.05, 0) is 30.3 Å². The third-order valence-electron chi connectivity index (χ3n) is 2.96. The minimum absolute atomic E-state index is 0.322. The second-order valence-corrected chi connectivity index (χ2v) is 4.90. The van der Waals surface area contributed by atoms with Crippen molar-refractivity contribution in [1.82, 2.24) is 9.97 Å². The smallest absolute Gasteiger partial charge is 0.166 e. The zero-order valence-corrected chi connectivity index (χ0v) is 12.0. The molecule has 3 rings (SSSR count). The van der Waals surface area contributed by atoms with Crippen LogP contribution in [-0.4, -0.2) is 9.97 Å². The first kappa shape index (κ1) is 13.6. The molecule has 0 bridgehead atoms. The highest BCUT2D eigenvalue weighted by Gasteiger charge is 2.03. The summed E-state index contributed by atoms with van der Waals surface area (Å²) in [7, 11) is 0. The van der Waals surface area contributed by atoms with Crippen LogP contribution in [-0.2, 0) is 6.61 Å². The van der Waals surface area contributed by atoms with Gasteiger partial charge in [-0.3, -0.25) is 0 Å². The molecule has 1 aromatic heterocycles. The molecule has 0 radical (unpaired) electrons. The van der Waals surface area contributed by atoms with Crippen LogP contribution in [0.3, 0.4) is 0 Å². The molecule has 21 heavy (non-hydrogen) atoms. The van der Waals surface area contributed by atoms with Crippen molar-refractivity contribution in [3.05, 3.63) is 77.7 Å². The van der Waals surface area contributed by atoms with E-state index in [0.29, 0.717) is 17.5 Å². The van der Waals surface area contributed by atoms with Gasteiger partial charge in [0, 0.05) is 16.8 Å². The quantitative estimate of drug-likeness (QED) is 0.717. The highest BCUT2D eigenvalue weighted by Crippen LogP contribution is 2.18. The Morgan fingerprint density at radius 3 is 2.43 bits per heavy atom. The number of hydrogen-bond donors (Lipinski definition) is 0. The standard InChI is InChI=1S/C17H13ClN2O/c18-14-6-8-15(9-7-14)21-12-17-19-11-10-16(20-17)13-4-2-1-3-5-13/h1-11H,12H2. The lowest BCUT2D eigenvalue weighted by molar-refractivity contribution is 0.296. The minimum Gasteiger partial charge on any atom is -0.486 e. The molecule has 0 spiro atoms. The third-order valence-corrected chi connectivity index (χ3v) is 3.21. The molecule has 0 aliphatic carbocycles. The Labute approximate surface area is 128 Å². The van der Waals surface area contributed by atoms with Gasteiger partial charge < -0.3 is 4.74 Å². The Balaban J connectivity index is 1.73. The maximum absolute atomic E-state index is 5.84. The monoisotopic (exact) mass is 296 g/mol. The Morgan fingerprint density at radius 1 is 0.905 bits per heavy atom. The minimum atomic E-state index is 0.322. The van der Waals surface area contributed by atoms with E-state index >= 15 is 0 Å². The summed E-state index contributed by atoms with van der Waals surface area (Å²) in [4.78, 5) is 8.75. The molecule has 0 saturated carbocycles. The maximum Gasteiger partial charge on any atom is 0.166 e. The molecule has 0 fully saturated rings. The summed E-state index contributed by atoms with van der Waals surface area (Å²) >= 11 is 5.84. The zero-order chi connectivity index (χ0) is 14.5. The van der Waals surface area contributed by atoms with Crippen molar-refractivity contribution in [3.8, 4) is 17.0 Å². The van der Waals surface area contributed by atoms with Crippen LogP contribution in [0.25, 0.3) is 11.3 Å². The predicted octanol–water partition coefficient (Wildman–Crippen LogP) is 4.38. The summed E-state index contributed by atoms with van der Waals surface area (Å²) in [6, 6.07) is 19.1. The van der Waals surface area contributed by atoms with Crippen molar-refractivity contribution in [2.45, 2.75) is 6.61 Å². The van der Waals surface area contributed by atoms with E-state index in [9.17, 15) is 0 Å². The van der Waals surface area contributed by atoms with Gasteiger partial charge in [0.25, 0.3) is 0 Å². The molecule has 4 heteroatoms. The van der Waals surface area contributed by atoms with Crippen molar-refractivity contribution in [1.29, 1.82) is 0 Å². The van der Waals surface area contributed by atoms with E-state index < -0.39 is 0 Å². The largest absolute Gasteiger partial charge is 0.486 e. The van der Waals surface area contributed by atoms with E-state index in [1.807, 2.05) is 48.5 Å². The van der Waals surface area contributed by atoms with E-state index in [2.05, 4.69) is 9.97 Å². The van der Waals surface area contributed by atoms with Gasteiger partial charge in [-0.1, -0.05) is 41.9 Å². The van der Waals surface area contributed by atoms with E-state index in [-0.39, 0.29) is 0 Å². The molecule has 0 aliphatic rings. The van der Waals surface area contributed by atoms with Gasteiger partial charge >= 0.3 is 0 Å². The fraction of sp³-hybridized carbons (Fsp3) is 0.0588. The fourth-order valence-corrected chi connectivity index (χ4v) is 2.04. The van der Waals surface area contributed by atoms with Crippen LogP contribution < -0.4 is 4.74 Å². The van der Waals surface area contributed by atoms with E-state index in [0.717, 1.165) is 17.0 Å². The third kappa shape index (κ3) is 3.58. The normalized spacial score (nSPS) is 10.3. The zero-order valence-electron chi connectivity index (χ0n) is 11.2. The molecule has 0 unspecified atom stereocenters. The molecule has 0 saturated heterocycles. The number of benzene rings is 2. The van der Waals surface area contributed by atoms with Crippen molar-refractivity contribution in [2.75, 3.05) is 0 Å². The lowest BCUT2D eigenvalue weighted by Crippen LogP contribution is -2.02. The van der Waals surface area contributed by atoms with Gasteiger partial charge in [0.2, 0.25) is 0 Å². The van der Waals surface area contributed by atoms with E-state index in [1.165, 1.54) is 0 Å². The number of halogens is 1. The van der Waals surface area contributed by atoms with Gasteiger partial charge in [-0.15, -0.1) is 0 Å². The average molecular weight is 297 g/mol. The Morgan fingerprint density at radius 2 is 1.67 bits per heavy atom. The van der Waals surface area contributed by atoms with Gasteiger partial charge in [-0.25, -0.2) is 9.97 Å². The first-order valence-electron chi connectivity index (χ1n) is 6.57. The molecule has 0 amide bonds. The van der Waals surface area contributed by atoms with Gasteiger partial charge in [-0.2, -0.15) is 0 Å². The Kier molecular flexibility index (Phi) is 4.12. The van der Waals surface area contributed by atoms with Gasteiger partial charge in [0.15, 0.2) is 5.82 Å². The van der Waals surface area contributed by atoms with Crippen molar-refractivity contribution in [3.63, 3.8) is 0 Å². The first-order chi connectivity index (χ1) is 10.3. The summed E-state index contributed by atoms with van der Waals surface area (Å²) in [5.74, 6) is 1.39. The van der Waals surface area contributed by atoms with E-state index in [1.54, 1.807) is 18.3 Å². The second kappa shape index (κ2) is 6.37. The van der Waals surface area contributed by atoms with Crippen LogP contribution in [0.2, 0.25) is 5.02 Å². The Bertz CT molecular complexity index is 714. The topological polar surface area (TPSA) is 35.0 Å². The SMILES string of the molecule is Clc1ccc(OCc2nccc(-c3ccccc3)n2)cc1. The number of rotatable bonds is 4. The number of hydrogen-bond acceptors (Lipinski definition) is 3. The first-order valence-corrected chi connectivity index (χ1v) is 6.95. The Hall–Kier alpha value is -2.39. The van der Waals surface area contributed by atoms with Crippen molar-refractivity contribution in [2.24, 2.45) is 0 Å². The predicted molar refractivity (Wildman–Crippen MR) is 83.3 cm³/mol. The summed E-state index contributed by atoms with van der Waals surface area (Å²) in [6.45, 7) is 0.322. The second-order valence-electron chi connectivity index (χ2n) is 4.47. The summed E-state index contributed by atoms with van der Waals surface area (Å²) in [6.07, 6.45) is 1.75. The van der Waals surface area contributed by atoms with Crippen molar-refractivity contribution < 1.29 is 4.74 Å². The van der Waals surface area contributed by atoms with Gasteiger partial charge in [0.05, 0.1) is 5.69 Å². The molecule has 0 atom stereocenters. The molecule has 104 valence electrons. The molecule has 2 aromatic carbocycles. The van der Waals surface area contributed by atoms with E-state index in [4.69, 9.17) is 16.3 Å². The molecule has 3 nitrogen and oxygen atoms in total. The fourth-order valence-electron chi connectivity index (χ4n) is 1.92. The van der Waals surface area contributed by atoms with Crippen LogP contribution in [0.4, 0.5) is 0 Å². The number of aromatic nitrogens is 2. The highest BCUT2D eigenvalue weighted by molar-refractivity contribution is 6.30. The molecular formula is C17H13ClN2O. The molecular weight excluding hydrogens is 284 g/mol. The van der Waals surface area contributed by atoms with Crippen LogP contribution >= 0.6 is 11.6 Å². The number of ether oxygens (including phenoxy) is 1.